The number of para-hydroxylation sites is 1. The van der Waals surface area contributed by atoms with Gasteiger partial charge in [-0.1, -0.05) is 90.1 Å². The number of hydrogen-bond acceptors (Lipinski definition) is 11. The second kappa shape index (κ2) is 27.4. The number of fused-ring (bicyclic) bond motifs is 1. The van der Waals surface area contributed by atoms with E-state index in [2.05, 4.69) is 72.8 Å². The number of carbonyl (C=O) groups excluding carboxylic acids is 9. The highest BCUT2D eigenvalue weighted by Gasteiger charge is 2.36. The molecule has 8 unspecified atom stereocenters. The molecule has 23 heteroatoms. The summed E-state index contributed by atoms with van der Waals surface area (Å²) in [5.41, 5.74) is 3.00. The van der Waals surface area contributed by atoms with Crippen molar-refractivity contribution in [3.05, 3.63) is 108 Å². The third kappa shape index (κ3) is 17.1. The average molecular weight is 1060 g/mol. The van der Waals surface area contributed by atoms with E-state index in [1.165, 1.54) is 32.0 Å². The Bertz CT molecular complexity index is 2810. The molecule has 23 nitrogen and oxygen atoms in total. The third-order valence-electron chi connectivity index (χ3n) is 13.0. The summed E-state index contributed by atoms with van der Waals surface area (Å²) in [6.45, 7) is 11.5. The van der Waals surface area contributed by atoms with E-state index >= 15 is 0 Å². The largest absolute Gasteiger partial charge is 0.361 e. The highest BCUT2D eigenvalue weighted by molar-refractivity contribution is 5.99. The van der Waals surface area contributed by atoms with Crippen molar-refractivity contribution in [1.29, 1.82) is 0 Å². The number of nitrogens with one attached hydrogen (secondary N) is 12. The van der Waals surface area contributed by atoms with Crippen LogP contribution in [0.3, 0.4) is 0 Å². The zero-order valence-electron chi connectivity index (χ0n) is 44.5. The van der Waals surface area contributed by atoms with Gasteiger partial charge in [-0.05, 0) is 54.7 Å². The van der Waals surface area contributed by atoms with E-state index < -0.39 is 114 Å². The molecule has 2 aromatic carbocycles. The Kier molecular flexibility index (Phi) is 20.6. The lowest BCUT2D eigenvalue weighted by Crippen LogP contribution is -2.61. The number of hydrogen-bond donors (Lipinski definition) is 12. The van der Waals surface area contributed by atoms with Crippen LogP contribution >= 0.6 is 0 Å². The summed E-state index contributed by atoms with van der Waals surface area (Å²) in [7, 11) is 0. The van der Waals surface area contributed by atoms with E-state index in [1.54, 1.807) is 50.4 Å². The summed E-state index contributed by atoms with van der Waals surface area (Å²) in [5.74, 6) is -7.58. The smallest absolute Gasteiger partial charge is 0.243 e. The summed E-state index contributed by atoms with van der Waals surface area (Å²) in [5, 5.41) is 25.4. The molecule has 412 valence electrons. The normalized spacial score (nSPS) is 23.5. The minimum absolute atomic E-state index is 0.0427. The molecule has 0 aliphatic carbocycles. The Morgan fingerprint density at radius 1 is 0.481 bits per heavy atom. The van der Waals surface area contributed by atoms with Crippen LogP contribution in [0.4, 0.5) is 0 Å². The van der Waals surface area contributed by atoms with Crippen molar-refractivity contribution in [3.63, 3.8) is 0 Å². The standard InChI is InChI=1S/C54H72N14O9/c1-29(2)17-39-49(72)63-40(18-30(3)4)50(73)65-41(19-33-13-9-8-10-14-33)51(74)67-44(22-36-25-56-28-60-36)53(76)66-42(20-34-23-57-38-16-12-11-15-37(34)38)48(71)61-32(7)47(70)68-46(31(5)6)54(77)58-26-45(69)62-43(52(75)64-39)21-35-24-55-27-59-35/h8-16,23-25,27-32,39-44,46,57H,17-22,26H2,1-7H3,(H,55,59)(H,56,60)(H,58,77)(H,61,71)(H,62,69)(H,63,72)(H,64,75)(H,65,73)(H,66,76)(H,67,74)(H,68,70). The fourth-order valence-electron chi connectivity index (χ4n) is 8.92. The summed E-state index contributed by atoms with van der Waals surface area (Å²) >= 11 is 0. The predicted octanol–water partition coefficient (Wildman–Crippen LogP) is 0.661. The molecule has 1 aliphatic heterocycles. The van der Waals surface area contributed by atoms with Gasteiger partial charge in [0, 0.05) is 66.6 Å². The molecule has 3 aromatic heterocycles. The lowest BCUT2D eigenvalue weighted by Gasteiger charge is -2.29. The quantitative estimate of drug-likeness (QED) is 0.0777. The van der Waals surface area contributed by atoms with Crippen molar-refractivity contribution >= 4 is 64.1 Å². The van der Waals surface area contributed by atoms with Crippen LogP contribution in [-0.2, 0) is 68.8 Å². The first-order chi connectivity index (χ1) is 36.7. The Balaban J connectivity index is 1.39. The van der Waals surface area contributed by atoms with Crippen LogP contribution in [-0.4, -0.2) is 133 Å². The van der Waals surface area contributed by atoms with E-state index in [4.69, 9.17) is 0 Å². The maximum Gasteiger partial charge on any atom is 0.243 e. The van der Waals surface area contributed by atoms with Gasteiger partial charge in [0.05, 0.1) is 19.2 Å². The SMILES string of the molecule is CC(C)CC1NC(=O)C(Cc2cnc[nH]2)NC(=O)CNC(=O)C(C(C)C)NC(=O)C(C)NC(=O)C(Cc2c[nH]c3ccccc23)NC(=O)C(Cc2cnc[nH]2)NC(=O)C(Cc2ccccc2)NC(=O)C(CC(C)C)NC1=O. The Morgan fingerprint density at radius 2 is 0.948 bits per heavy atom. The van der Waals surface area contributed by atoms with Crippen molar-refractivity contribution in [1.82, 2.24) is 72.8 Å². The zero-order chi connectivity index (χ0) is 55.8. The van der Waals surface area contributed by atoms with Crippen LogP contribution in [0.5, 0.6) is 0 Å². The number of nitrogens with zero attached hydrogens (tertiary/aromatic N) is 2. The van der Waals surface area contributed by atoms with Gasteiger partial charge in [0.15, 0.2) is 0 Å². The number of aromatic amines is 3. The fourth-order valence-corrected chi connectivity index (χ4v) is 8.92. The van der Waals surface area contributed by atoms with Gasteiger partial charge in [0.2, 0.25) is 53.2 Å². The molecule has 4 heterocycles. The number of amides is 9. The highest BCUT2D eigenvalue weighted by atomic mass is 16.2. The molecule has 8 atom stereocenters. The summed E-state index contributed by atoms with van der Waals surface area (Å²) < 4.78 is 0. The van der Waals surface area contributed by atoms with E-state index in [1.807, 2.05) is 52.0 Å². The lowest BCUT2D eigenvalue weighted by molar-refractivity contribution is -0.136. The summed E-state index contributed by atoms with van der Waals surface area (Å²) in [6, 6.07) is 6.00. The summed E-state index contributed by atoms with van der Waals surface area (Å²) in [4.78, 5) is 145. The molecule has 0 saturated carbocycles. The molecular formula is C54H72N14O9. The summed E-state index contributed by atoms with van der Waals surface area (Å²) in [6.07, 6.45) is 7.35. The Hall–Kier alpha value is -8.37. The van der Waals surface area contributed by atoms with Crippen molar-refractivity contribution in [2.45, 2.75) is 135 Å². The third-order valence-corrected chi connectivity index (χ3v) is 13.0. The second-order valence-corrected chi connectivity index (χ2v) is 20.7. The highest BCUT2D eigenvalue weighted by Crippen LogP contribution is 2.20. The Labute approximate surface area is 446 Å². The van der Waals surface area contributed by atoms with Crippen LogP contribution < -0.4 is 47.9 Å². The number of H-pyrrole nitrogens is 3. The molecule has 1 saturated heterocycles. The first-order valence-corrected chi connectivity index (χ1v) is 26.0. The van der Waals surface area contributed by atoms with Gasteiger partial charge in [0.25, 0.3) is 0 Å². The first-order valence-electron chi connectivity index (χ1n) is 26.0. The molecule has 0 radical (unpaired) electrons. The van der Waals surface area contributed by atoms with Gasteiger partial charge in [-0.3, -0.25) is 43.2 Å². The van der Waals surface area contributed by atoms with Gasteiger partial charge in [-0.25, -0.2) is 9.97 Å². The molecule has 12 N–H and O–H groups in total. The molecule has 9 amide bonds. The molecule has 1 aliphatic rings. The number of aromatic nitrogens is 5. The van der Waals surface area contributed by atoms with Gasteiger partial charge < -0.3 is 62.8 Å². The minimum atomic E-state index is -1.38. The molecule has 77 heavy (non-hydrogen) atoms. The number of rotatable bonds is 13. The molecule has 6 rings (SSSR count). The topological polar surface area (TPSA) is 335 Å². The van der Waals surface area contributed by atoms with Crippen molar-refractivity contribution in [2.24, 2.45) is 17.8 Å². The van der Waals surface area contributed by atoms with Gasteiger partial charge in [-0.15, -0.1) is 0 Å². The van der Waals surface area contributed by atoms with Crippen LogP contribution in [0.25, 0.3) is 10.9 Å². The molecule has 5 aromatic rings. The monoisotopic (exact) mass is 1060 g/mol. The van der Waals surface area contributed by atoms with Crippen molar-refractivity contribution in [2.75, 3.05) is 6.54 Å². The minimum Gasteiger partial charge on any atom is -0.361 e. The second-order valence-electron chi connectivity index (χ2n) is 20.7. The zero-order valence-corrected chi connectivity index (χ0v) is 44.5. The number of carbonyl (C=O) groups is 9. The van der Waals surface area contributed by atoms with Crippen molar-refractivity contribution in [3.8, 4) is 0 Å². The predicted molar refractivity (Wildman–Crippen MR) is 285 cm³/mol. The lowest BCUT2D eigenvalue weighted by atomic mass is 9.98. The molecule has 0 bridgehead atoms. The van der Waals surface area contributed by atoms with Gasteiger partial charge >= 0.3 is 0 Å². The van der Waals surface area contributed by atoms with Crippen LogP contribution in [0.15, 0.2) is 85.8 Å². The average Bonchev–Trinajstić information content (AvgIpc) is 4.20. The maximum absolute atomic E-state index is 14.8. The Morgan fingerprint density at radius 3 is 1.47 bits per heavy atom. The van der Waals surface area contributed by atoms with Crippen LogP contribution in [0, 0.1) is 17.8 Å². The maximum atomic E-state index is 14.8. The first kappa shape index (κ1) is 57.9. The van der Waals surface area contributed by atoms with Crippen LogP contribution in [0.2, 0.25) is 0 Å². The van der Waals surface area contributed by atoms with Crippen LogP contribution in [0.1, 0.15) is 83.8 Å². The van der Waals surface area contributed by atoms with Gasteiger partial charge in [-0.2, -0.15) is 0 Å². The number of imidazole rings is 2. The fraction of sp³-hybridized carbons (Fsp3) is 0.463. The number of benzene rings is 2. The van der Waals surface area contributed by atoms with E-state index in [0.29, 0.717) is 22.5 Å². The van der Waals surface area contributed by atoms with E-state index in [-0.39, 0.29) is 50.4 Å². The van der Waals surface area contributed by atoms with Gasteiger partial charge in [0.1, 0.15) is 48.3 Å². The van der Waals surface area contributed by atoms with Crippen molar-refractivity contribution < 1.29 is 43.2 Å². The molecular weight excluding hydrogens is 989 g/mol. The molecule has 1 fully saturated rings. The molecule has 0 spiro atoms. The van der Waals surface area contributed by atoms with E-state index in [9.17, 15) is 43.2 Å². The van der Waals surface area contributed by atoms with E-state index in [0.717, 1.165) is 10.9 Å².